The Bertz CT molecular complexity index is 2690. The topological polar surface area (TPSA) is 245 Å². The van der Waals surface area contributed by atoms with Crippen molar-refractivity contribution in [1.82, 2.24) is 9.55 Å². The van der Waals surface area contributed by atoms with Crippen LogP contribution in [0, 0.1) is 0 Å². The first-order valence-electron chi connectivity index (χ1n) is 22.8. The number of aliphatic hydroxyl groups is 1. The van der Waals surface area contributed by atoms with Crippen molar-refractivity contribution in [3.8, 4) is 11.5 Å². The summed E-state index contributed by atoms with van der Waals surface area (Å²) in [5.74, 6) is -2.85. The third-order valence-corrected chi connectivity index (χ3v) is 11.8. The fourth-order valence-electron chi connectivity index (χ4n) is 8.51. The average Bonchev–Trinajstić information content (AvgIpc) is 3.74. The minimum atomic E-state index is -1.63. The fraction of sp³-hybridized carbons (Fsp3) is 0.365. The molecule has 4 aromatic carbocycles. The number of nitrogens with one attached hydrogen (secondary N) is 1. The van der Waals surface area contributed by atoms with Crippen LogP contribution in [0.25, 0.3) is 0 Å². The van der Waals surface area contributed by atoms with E-state index in [-0.39, 0.29) is 30.0 Å². The molecule has 1 aromatic heterocycles. The van der Waals surface area contributed by atoms with Crippen molar-refractivity contribution in [3.05, 3.63) is 154 Å². The van der Waals surface area contributed by atoms with Gasteiger partial charge < -0.3 is 57.8 Å². The first-order valence-corrected chi connectivity index (χ1v) is 22.8. The Morgan fingerprint density at radius 2 is 1.22 bits per heavy atom. The van der Waals surface area contributed by atoms with Crippen molar-refractivity contribution < 1.29 is 76.4 Å². The van der Waals surface area contributed by atoms with E-state index in [1.807, 2.05) is 78.9 Å². The largest absolute Gasteiger partial charge is 0.497 e. The zero-order chi connectivity index (χ0) is 51.5. The van der Waals surface area contributed by atoms with Crippen LogP contribution in [0.4, 0.5) is 5.82 Å². The van der Waals surface area contributed by atoms with Gasteiger partial charge in [0, 0.05) is 51.4 Å². The van der Waals surface area contributed by atoms with E-state index in [0.717, 1.165) is 49.0 Å². The zero-order valence-electron chi connectivity index (χ0n) is 40.3. The first-order chi connectivity index (χ1) is 34.6. The summed E-state index contributed by atoms with van der Waals surface area (Å²) < 4.78 is 59.7. The highest BCUT2D eigenvalue weighted by atomic mass is 16.7. The highest BCUT2D eigenvalue weighted by molar-refractivity contribution is 6.04. The molecule has 380 valence electrons. The molecule has 2 saturated heterocycles. The molecule has 2 fully saturated rings. The molecule has 0 unspecified atom stereocenters. The highest BCUT2D eigenvalue weighted by Crippen LogP contribution is 2.43. The summed E-state index contributed by atoms with van der Waals surface area (Å²) in [7, 11) is 3.14. The molecule has 20 nitrogen and oxygen atoms in total. The Balaban J connectivity index is 1.22. The van der Waals surface area contributed by atoms with Gasteiger partial charge in [-0.05, 0) is 53.1 Å². The number of aromatic nitrogens is 2. The van der Waals surface area contributed by atoms with E-state index >= 15 is 0 Å². The van der Waals surface area contributed by atoms with E-state index in [2.05, 4.69) is 10.3 Å². The van der Waals surface area contributed by atoms with Gasteiger partial charge in [0.25, 0.3) is 5.91 Å². The number of amides is 1. The molecule has 3 heterocycles. The molecule has 2 aliphatic heterocycles. The summed E-state index contributed by atoms with van der Waals surface area (Å²) in [5.41, 5.74) is 0.388. The Morgan fingerprint density at radius 3 is 1.78 bits per heavy atom. The summed E-state index contributed by atoms with van der Waals surface area (Å²) in [6.07, 6.45) is -9.62. The van der Waals surface area contributed by atoms with E-state index in [4.69, 9.17) is 47.4 Å². The van der Waals surface area contributed by atoms with Gasteiger partial charge in [0.2, 0.25) is 0 Å². The quantitative estimate of drug-likeness (QED) is 0.0643. The van der Waals surface area contributed by atoms with Crippen LogP contribution in [0.15, 0.2) is 120 Å². The molecule has 72 heavy (non-hydrogen) atoms. The summed E-state index contributed by atoms with van der Waals surface area (Å²) in [6.45, 7) is 3.16. The molecule has 7 rings (SSSR count). The van der Waals surface area contributed by atoms with Gasteiger partial charge in [0.1, 0.15) is 48.0 Å². The standard InChI is InChI=1S/C52H55N3O17/c1-30(56)65-28-43-45(68-31(2)57)46(69-32(3)58)47(70-33(4)59)50(72-43)66-27-35-26-55(51(62)54-48(35)53-49(61)34-13-9-7-10-14-34)44-25-41(60)42(71-44)29-67-52(36-15-11-8-12-16-36,37-17-21-39(63-5)22-18-37)38-19-23-40(64-6)24-20-38/h7-24,26,41-47,50,60H,25,27-29H2,1-6H3,(H,53,54,61,62)/t41-,42+,43+,44+,45+,46-,47+,50+/m0/s1. The van der Waals surface area contributed by atoms with Crippen LogP contribution in [0.1, 0.15) is 73.0 Å². The first kappa shape index (κ1) is 52.3. The van der Waals surface area contributed by atoms with Crippen LogP contribution in [-0.4, -0.2) is 115 Å². The van der Waals surface area contributed by atoms with E-state index in [1.54, 1.807) is 44.6 Å². The van der Waals surface area contributed by atoms with E-state index < -0.39 is 103 Å². The molecule has 0 aliphatic carbocycles. The van der Waals surface area contributed by atoms with Crippen LogP contribution in [-0.2, 0) is 69.3 Å². The van der Waals surface area contributed by atoms with Crippen LogP contribution in [0.2, 0.25) is 0 Å². The number of methoxy groups -OCH3 is 2. The van der Waals surface area contributed by atoms with Crippen LogP contribution >= 0.6 is 0 Å². The van der Waals surface area contributed by atoms with Crippen molar-refractivity contribution >= 4 is 35.6 Å². The number of carbonyl (C=O) groups is 5. The summed E-state index contributed by atoms with van der Waals surface area (Å²) in [4.78, 5) is 81.1. The molecule has 1 amide bonds. The van der Waals surface area contributed by atoms with Gasteiger partial charge in [0.05, 0.1) is 33.5 Å². The molecule has 2 aliphatic rings. The molecule has 20 heteroatoms. The van der Waals surface area contributed by atoms with Gasteiger partial charge in [-0.1, -0.05) is 72.8 Å². The lowest BCUT2D eigenvalue weighted by Gasteiger charge is -2.44. The molecule has 0 radical (unpaired) electrons. The van der Waals surface area contributed by atoms with Crippen LogP contribution in [0.3, 0.4) is 0 Å². The Morgan fingerprint density at radius 1 is 0.681 bits per heavy atom. The molecule has 5 aromatic rings. The van der Waals surface area contributed by atoms with Gasteiger partial charge in [-0.15, -0.1) is 0 Å². The second kappa shape index (κ2) is 23.6. The molecule has 0 spiro atoms. The van der Waals surface area contributed by atoms with Gasteiger partial charge in [-0.3, -0.25) is 28.5 Å². The molecule has 0 saturated carbocycles. The summed E-state index contributed by atoms with van der Waals surface area (Å²) >= 11 is 0. The van der Waals surface area contributed by atoms with E-state index in [9.17, 15) is 33.9 Å². The Kier molecular flexibility index (Phi) is 17.2. The number of hydrogen-bond acceptors (Lipinski definition) is 18. The minimum Gasteiger partial charge on any atom is -0.497 e. The smallest absolute Gasteiger partial charge is 0.351 e. The third-order valence-electron chi connectivity index (χ3n) is 11.8. The van der Waals surface area contributed by atoms with Crippen molar-refractivity contribution in [2.75, 3.05) is 32.8 Å². The van der Waals surface area contributed by atoms with Crippen molar-refractivity contribution in [1.29, 1.82) is 0 Å². The molecule has 8 atom stereocenters. The zero-order valence-corrected chi connectivity index (χ0v) is 40.3. The highest BCUT2D eigenvalue weighted by Gasteiger charge is 2.53. The van der Waals surface area contributed by atoms with Gasteiger partial charge in [-0.25, -0.2) is 4.79 Å². The number of benzene rings is 4. The minimum absolute atomic E-state index is 0.0617. The maximum absolute atomic E-state index is 14.0. The lowest BCUT2D eigenvalue weighted by Crippen LogP contribution is -2.62. The second-order valence-electron chi connectivity index (χ2n) is 16.8. The molecular weight excluding hydrogens is 939 g/mol. The number of rotatable bonds is 19. The predicted octanol–water partition coefficient (Wildman–Crippen LogP) is 4.77. The third kappa shape index (κ3) is 12.3. The number of nitrogens with zero attached hydrogens (tertiary/aromatic N) is 2. The maximum Gasteiger partial charge on any atom is 0.351 e. The molecular formula is C52H55N3O17. The molecule has 0 bridgehead atoms. The van der Waals surface area contributed by atoms with E-state index in [1.165, 1.54) is 6.20 Å². The number of esters is 4. The van der Waals surface area contributed by atoms with Gasteiger partial charge in [0.15, 0.2) is 24.6 Å². The van der Waals surface area contributed by atoms with Crippen molar-refractivity contribution in [2.24, 2.45) is 0 Å². The fourth-order valence-corrected chi connectivity index (χ4v) is 8.51. The van der Waals surface area contributed by atoms with Crippen molar-refractivity contribution in [2.45, 2.75) is 95.5 Å². The normalized spacial score (nSPS) is 21.7. The lowest BCUT2D eigenvalue weighted by molar-refractivity contribution is -0.310. The number of aliphatic hydroxyl groups excluding tert-OH is 1. The Hall–Kier alpha value is -7.49. The SMILES string of the molecule is COc1ccc(C(OC[C@H]2O[C@@H](n3cc(CO[C@@H]4O[C@H](COC(C)=O)[C@@H](OC(C)=O)[C@H](OC(C)=O)[C@H]4OC(C)=O)c(NC(=O)c4ccccc4)nc3=O)C[C@@H]2O)(c2ccccc2)c2ccc(OC)cc2)cc1. The number of carbonyl (C=O) groups excluding carboxylic acids is 5. The molecule has 2 N–H and O–H groups in total. The van der Waals surface area contributed by atoms with Crippen molar-refractivity contribution in [3.63, 3.8) is 0 Å². The monoisotopic (exact) mass is 993 g/mol. The number of anilines is 1. The van der Waals surface area contributed by atoms with Gasteiger partial charge >= 0.3 is 29.6 Å². The van der Waals surface area contributed by atoms with Crippen LogP contribution in [0.5, 0.6) is 11.5 Å². The van der Waals surface area contributed by atoms with Gasteiger partial charge in [-0.2, -0.15) is 4.98 Å². The van der Waals surface area contributed by atoms with Crippen LogP contribution < -0.4 is 20.5 Å². The second-order valence-corrected chi connectivity index (χ2v) is 16.8. The summed E-state index contributed by atoms with van der Waals surface area (Å²) in [6, 6.07) is 32.5. The number of hydrogen-bond donors (Lipinski definition) is 2. The Labute approximate surface area is 414 Å². The predicted molar refractivity (Wildman–Crippen MR) is 252 cm³/mol. The number of ether oxygens (including phenoxy) is 10. The summed E-state index contributed by atoms with van der Waals surface area (Å²) in [5, 5.41) is 14.3. The lowest BCUT2D eigenvalue weighted by atomic mass is 9.80. The average molecular weight is 994 g/mol. The maximum atomic E-state index is 14.0. The van der Waals surface area contributed by atoms with E-state index in [0.29, 0.717) is 11.5 Å².